The first-order valence-electron chi connectivity index (χ1n) is 8.33. The predicted molar refractivity (Wildman–Crippen MR) is 100 cm³/mol. The summed E-state index contributed by atoms with van der Waals surface area (Å²) in [5.74, 6) is -1.46. The Morgan fingerprint density at radius 2 is 1.54 bits per heavy atom. The highest BCUT2D eigenvalue weighted by Crippen LogP contribution is 2.17. The van der Waals surface area contributed by atoms with Crippen molar-refractivity contribution in [1.29, 1.82) is 0 Å². The van der Waals surface area contributed by atoms with E-state index >= 15 is 0 Å². The third-order valence-corrected chi connectivity index (χ3v) is 3.52. The van der Waals surface area contributed by atoms with Gasteiger partial charge in [-0.05, 0) is 56.2 Å². The summed E-state index contributed by atoms with van der Waals surface area (Å²) < 4.78 is 4.96. The van der Waals surface area contributed by atoms with E-state index in [2.05, 4.69) is 10.6 Å². The Morgan fingerprint density at radius 3 is 2.19 bits per heavy atom. The lowest BCUT2D eigenvalue weighted by Crippen LogP contribution is -2.22. The first-order chi connectivity index (χ1) is 12.4. The van der Waals surface area contributed by atoms with Crippen LogP contribution in [0, 0.1) is 13.8 Å². The predicted octanol–water partition coefficient (Wildman–Crippen LogP) is 3.45. The van der Waals surface area contributed by atoms with Crippen LogP contribution in [0.2, 0.25) is 0 Å². The number of anilines is 2. The van der Waals surface area contributed by atoms with Gasteiger partial charge in [-0.15, -0.1) is 0 Å². The molecular weight excluding hydrogens is 332 g/mol. The van der Waals surface area contributed by atoms with Crippen LogP contribution in [0.25, 0.3) is 0 Å². The third-order valence-electron chi connectivity index (χ3n) is 3.52. The average Bonchev–Trinajstić information content (AvgIpc) is 2.54. The van der Waals surface area contributed by atoms with Crippen LogP contribution < -0.4 is 10.6 Å². The Kier molecular flexibility index (Phi) is 6.49. The molecule has 6 heteroatoms. The van der Waals surface area contributed by atoms with E-state index in [0.29, 0.717) is 11.4 Å². The molecule has 0 aliphatic rings. The van der Waals surface area contributed by atoms with E-state index in [9.17, 15) is 14.4 Å². The number of aryl methyl sites for hydroxylation is 2. The lowest BCUT2D eigenvalue weighted by molar-refractivity contribution is -0.123. The summed E-state index contributed by atoms with van der Waals surface area (Å²) in [6.07, 6.45) is -0.357. The average molecular weight is 354 g/mol. The Balaban J connectivity index is 2.00. The summed E-state index contributed by atoms with van der Waals surface area (Å²) in [6.45, 7) is 5.80. The fourth-order valence-corrected chi connectivity index (χ4v) is 2.57. The van der Waals surface area contributed by atoms with Crippen LogP contribution in [0.3, 0.4) is 0 Å². The maximum atomic E-state index is 12.2. The van der Waals surface area contributed by atoms with Gasteiger partial charge in [0.05, 0.1) is 17.9 Å². The normalized spacial score (nSPS) is 10.1. The number of amides is 2. The fourth-order valence-electron chi connectivity index (χ4n) is 2.57. The largest absolute Gasteiger partial charge is 0.462 e. The Morgan fingerprint density at radius 1 is 0.923 bits per heavy atom. The Labute approximate surface area is 152 Å². The third kappa shape index (κ3) is 5.44. The van der Waals surface area contributed by atoms with E-state index < -0.39 is 17.8 Å². The van der Waals surface area contributed by atoms with Crippen molar-refractivity contribution in [2.24, 2.45) is 0 Å². The van der Waals surface area contributed by atoms with Crippen molar-refractivity contribution in [2.75, 3.05) is 17.2 Å². The Hall–Kier alpha value is -3.15. The molecule has 2 aromatic rings. The zero-order valence-electron chi connectivity index (χ0n) is 15.1. The van der Waals surface area contributed by atoms with Gasteiger partial charge in [0, 0.05) is 5.69 Å². The molecule has 0 aliphatic carbocycles. The molecule has 0 aliphatic heterocycles. The van der Waals surface area contributed by atoms with Crippen LogP contribution in [0.1, 0.15) is 34.8 Å². The molecule has 2 amide bonds. The zero-order chi connectivity index (χ0) is 19.1. The topological polar surface area (TPSA) is 84.5 Å². The molecule has 2 N–H and O–H groups in total. The number of ether oxygens (including phenoxy) is 1. The molecule has 0 spiro atoms. The minimum Gasteiger partial charge on any atom is -0.462 e. The molecule has 0 atom stereocenters. The first kappa shape index (κ1) is 19.2. The van der Waals surface area contributed by atoms with Crippen molar-refractivity contribution >= 4 is 29.2 Å². The summed E-state index contributed by atoms with van der Waals surface area (Å²) in [6, 6.07) is 12.2. The molecule has 0 bridgehead atoms. The minimum absolute atomic E-state index is 0.236. The quantitative estimate of drug-likeness (QED) is 0.615. The van der Waals surface area contributed by atoms with Crippen molar-refractivity contribution in [3.8, 4) is 0 Å². The number of carbonyl (C=O) groups excluding carboxylic acids is 3. The molecule has 2 rings (SSSR count). The number of hydrogen-bond donors (Lipinski definition) is 2. The highest BCUT2D eigenvalue weighted by atomic mass is 16.5. The van der Waals surface area contributed by atoms with Gasteiger partial charge < -0.3 is 15.4 Å². The van der Waals surface area contributed by atoms with Crippen LogP contribution in [0.5, 0.6) is 0 Å². The van der Waals surface area contributed by atoms with E-state index in [0.717, 1.165) is 11.1 Å². The van der Waals surface area contributed by atoms with Crippen LogP contribution in [0.4, 0.5) is 11.4 Å². The highest BCUT2D eigenvalue weighted by Gasteiger charge is 2.16. The van der Waals surface area contributed by atoms with Gasteiger partial charge in [-0.1, -0.05) is 18.2 Å². The van der Waals surface area contributed by atoms with Gasteiger partial charge in [0.2, 0.25) is 11.8 Å². The fraction of sp³-hybridized carbons (Fsp3) is 0.250. The van der Waals surface area contributed by atoms with Crippen molar-refractivity contribution in [3.63, 3.8) is 0 Å². The van der Waals surface area contributed by atoms with Crippen LogP contribution in [-0.4, -0.2) is 24.4 Å². The molecule has 0 saturated carbocycles. The second kappa shape index (κ2) is 8.80. The monoisotopic (exact) mass is 354 g/mol. The maximum absolute atomic E-state index is 12.2. The molecule has 136 valence electrons. The second-order valence-electron chi connectivity index (χ2n) is 5.92. The van der Waals surface area contributed by atoms with Gasteiger partial charge in [0.15, 0.2) is 0 Å². The van der Waals surface area contributed by atoms with Gasteiger partial charge in [-0.3, -0.25) is 9.59 Å². The number of rotatable bonds is 6. The number of hydrogen-bond acceptors (Lipinski definition) is 4. The van der Waals surface area contributed by atoms with Crippen LogP contribution in [0.15, 0.2) is 42.5 Å². The molecular formula is C20H22N2O4. The molecule has 0 heterocycles. The van der Waals surface area contributed by atoms with E-state index in [-0.39, 0.29) is 18.6 Å². The summed E-state index contributed by atoms with van der Waals surface area (Å²) in [5.41, 5.74) is 3.25. The van der Waals surface area contributed by atoms with Gasteiger partial charge in [-0.25, -0.2) is 4.79 Å². The number of carbonyl (C=O) groups is 3. The summed E-state index contributed by atoms with van der Waals surface area (Å²) in [5, 5.41) is 5.30. The SMILES string of the molecule is CCOC(=O)c1ccccc1NC(=O)CC(=O)Nc1cc(C)cc(C)c1. The number of nitrogens with one attached hydrogen (secondary N) is 2. The molecule has 0 fully saturated rings. The van der Waals surface area contributed by atoms with Crippen molar-refractivity contribution in [1.82, 2.24) is 0 Å². The summed E-state index contributed by atoms with van der Waals surface area (Å²) in [7, 11) is 0. The molecule has 26 heavy (non-hydrogen) atoms. The lowest BCUT2D eigenvalue weighted by Gasteiger charge is -2.11. The summed E-state index contributed by atoms with van der Waals surface area (Å²) in [4.78, 5) is 36.2. The number of para-hydroxylation sites is 1. The van der Waals surface area contributed by atoms with Gasteiger partial charge in [-0.2, -0.15) is 0 Å². The highest BCUT2D eigenvalue weighted by molar-refractivity contribution is 6.10. The van der Waals surface area contributed by atoms with Gasteiger partial charge in [0.25, 0.3) is 0 Å². The van der Waals surface area contributed by atoms with E-state index in [1.54, 1.807) is 31.2 Å². The molecule has 0 radical (unpaired) electrons. The van der Waals surface area contributed by atoms with Crippen LogP contribution in [-0.2, 0) is 14.3 Å². The smallest absolute Gasteiger partial charge is 0.340 e. The van der Waals surface area contributed by atoms with Gasteiger partial charge in [0.1, 0.15) is 6.42 Å². The lowest BCUT2D eigenvalue weighted by atomic mass is 10.1. The maximum Gasteiger partial charge on any atom is 0.340 e. The second-order valence-corrected chi connectivity index (χ2v) is 5.92. The Bertz CT molecular complexity index is 810. The van der Waals surface area contributed by atoms with E-state index in [4.69, 9.17) is 4.74 Å². The molecule has 0 aromatic heterocycles. The van der Waals surface area contributed by atoms with Crippen LogP contribution >= 0.6 is 0 Å². The van der Waals surface area contributed by atoms with E-state index in [1.807, 2.05) is 32.0 Å². The molecule has 6 nitrogen and oxygen atoms in total. The molecule has 2 aromatic carbocycles. The molecule has 0 saturated heterocycles. The van der Waals surface area contributed by atoms with Gasteiger partial charge >= 0.3 is 5.97 Å². The van der Waals surface area contributed by atoms with Crippen molar-refractivity contribution < 1.29 is 19.1 Å². The van der Waals surface area contributed by atoms with Crippen molar-refractivity contribution in [2.45, 2.75) is 27.2 Å². The standard InChI is InChI=1S/C20H22N2O4/c1-4-26-20(25)16-7-5-6-8-17(16)22-19(24)12-18(23)21-15-10-13(2)9-14(3)11-15/h5-11H,4,12H2,1-3H3,(H,21,23)(H,22,24). The minimum atomic E-state index is -0.525. The summed E-state index contributed by atoms with van der Waals surface area (Å²) >= 11 is 0. The van der Waals surface area contributed by atoms with Crippen molar-refractivity contribution in [3.05, 3.63) is 59.2 Å². The first-order valence-corrected chi connectivity index (χ1v) is 8.33. The van der Waals surface area contributed by atoms with E-state index in [1.165, 1.54) is 0 Å². The molecule has 0 unspecified atom stereocenters. The number of benzene rings is 2. The zero-order valence-corrected chi connectivity index (χ0v) is 15.1. The number of esters is 1.